The quantitative estimate of drug-likeness (QED) is 0.495. The highest BCUT2D eigenvalue weighted by Gasteiger charge is 2.12. The number of rotatable bonds is 9. The van der Waals surface area contributed by atoms with Crippen LogP contribution < -0.4 is 10.6 Å². The molecule has 0 aliphatic heterocycles. The Morgan fingerprint density at radius 1 is 1.05 bits per heavy atom. The van der Waals surface area contributed by atoms with Crippen LogP contribution in [0.1, 0.15) is 41.0 Å². The van der Waals surface area contributed by atoms with E-state index < -0.39 is 0 Å². The van der Waals surface area contributed by atoms with Crippen molar-refractivity contribution in [1.82, 2.24) is 20.4 Å². The molecule has 0 fully saturated rings. The van der Waals surface area contributed by atoms with Gasteiger partial charge in [-0.25, -0.2) is 4.99 Å². The fourth-order valence-electron chi connectivity index (χ4n) is 2.12. The smallest absolute Gasteiger partial charge is 0.243 e. The number of hydrogen-bond acceptors (Lipinski definition) is 3. The van der Waals surface area contributed by atoms with Crippen LogP contribution in [0, 0.1) is 0 Å². The van der Waals surface area contributed by atoms with E-state index in [1.54, 1.807) is 19.0 Å². The fourth-order valence-corrected chi connectivity index (χ4v) is 2.12. The summed E-state index contributed by atoms with van der Waals surface area (Å²) in [6.45, 7) is 13.7. The molecule has 0 rings (SSSR count). The van der Waals surface area contributed by atoms with E-state index in [2.05, 4.69) is 55.1 Å². The number of nitrogens with zero attached hydrogens (tertiary/aromatic N) is 3. The van der Waals surface area contributed by atoms with Crippen molar-refractivity contribution in [2.75, 3.05) is 40.3 Å². The van der Waals surface area contributed by atoms with Gasteiger partial charge in [-0.05, 0) is 34.1 Å². The van der Waals surface area contributed by atoms with Crippen molar-refractivity contribution in [3.8, 4) is 0 Å². The zero-order valence-electron chi connectivity index (χ0n) is 15.4. The van der Waals surface area contributed by atoms with Crippen LogP contribution in [0.5, 0.6) is 0 Å². The number of carbonyl (C=O) groups excluding carboxylic acids is 1. The zero-order valence-corrected chi connectivity index (χ0v) is 15.4. The van der Waals surface area contributed by atoms with E-state index in [1.807, 2.05) is 0 Å². The Balaban J connectivity index is 4.46. The van der Waals surface area contributed by atoms with Gasteiger partial charge >= 0.3 is 0 Å². The van der Waals surface area contributed by atoms with E-state index in [9.17, 15) is 4.79 Å². The zero-order chi connectivity index (χ0) is 17.1. The molecule has 0 aromatic heterocycles. The number of hydrogen-bond donors (Lipinski definition) is 2. The second kappa shape index (κ2) is 11.3. The molecule has 0 aromatic carbocycles. The summed E-state index contributed by atoms with van der Waals surface area (Å²) in [4.78, 5) is 20.0. The standard InChI is InChI=1S/C16H35N5O/c1-8-9-17-16(19-12-15(22)20(6)7)18-10-11-21(13(2)3)14(4)5/h13-14H,8-12H2,1-7H3,(H2,17,18,19). The summed E-state index contributed by atoms with van der Waals surface area (Å²) in [5.41, 5.74) is 0. The minimum absolute atomic E-state index is 0.00332. The largest absolute Gasteiger partial charge is 0.356 e. The van der Waals surface area contributed by atoms with Gasteiger partial charge in [-0.15, -0.1) is 0 Å². The van der Waals surface area contributed by atoms with Crippen molar-refractivity contribution >= 4 is 11.9 Å². The second-order valence-electron chi connectivity index (χ2n) is 6.23. The summed E-state index contributed by atoms with van der Waals surface area (Å²) in [6, 6.07) is 1.03. The lowest BCUT2D eigenvalue weighted by molar-refractivity contribution is -0.127. The summed E-state index contributed by atoms with van der Waals surface area (Å²) in [7, 11) is 3.49. The third-order valence-electron chi connectivity index (χ3n) is 3.40. The van der Waals surface area contributed by atoms with Gasteiger partial charge in [0, 0.05) is 45.8 Å². The topological polar surface area (TPSA) is 60.0 Å². The lowest BCUT2D eigenvalue weighted by Gasteiger charge is -2.30. The molecule has 0 spiro atoms. The first-order valence-corrected chi connectivity index (χ1v) is 8.27. The maximum atomic E-state index is 11.6. The van der Waals surface area contributed by atoms with Crippen molar-refractivity contribution in [3.05, 3.63) is 0 Å². The van der Waals surface area contributed by atoms with Crippen LogP contribution in [-0.4, -0.2) is 74.0 Å². The molecule has 0 aromatic rings. The number of nitrogens with one attached hydrogen (secondary N) is 2. The van der Waals surface area contributed by atoms with Crippen molar-refractivity contribution in [2.45, 2.75) is 53.1 Å². The maximum Gasteiger partial charge on any atom is 0.243 e. The molecule has 0 saturated heterocycles. The van der Waals surface area contributed by atoms with Crippen molar-refractivity contribution in [3.63, 3.8) is 0 Å². The van der Waals surface area contributed by atoms with E-state index >= 15 is 0 Å². The maximum absolute atomic E-state index is 11.6. The van der Waals surface area contributed by atoms with Gasteiger partial charge in [0.25, 0.3) is 0 Å². The summed E-state index contributed by atoms with van der Waals surface area (Å²) in [6.07, 6.45) is 1.02. The van der Waals surface area contributed by atoms with Crippen LogP contribution in [0.15, 0.2) is 4.99 Å². The number of likely N-dealkylation sites (N-methyl/N-ethyl adjacent to an activating group) is 1. The highest BCUT2D eigenvalue weighted by Crippen LogP contribution is 2.03. The van der Waals surface area contributed by atoms with Crippen LogP contribution in [-0.2, 0) is 4.79 Å². The second-order valence-corrected chi connectivity index (χ2v) is 6.23. The number of amides is 1. The predicted molar refractivity (Wildman–Crippen MR) is 94.3 cm³/mol. The lowest BCUT2D eigenvalue weighted by atomic mass is 10.2. The molecule has 0 radical (unpaired) electrons. The normalized spacial score (nSPS) is 12.2. The molecule has 6 heteroatoms. The van der Waals surface area contributed by atoms with Crippen LogP contribution in [0.3, 0.4) is 0 Å². The summed E-state index contributed by atoms with van der Waals surface area (Å²) < 4.78 is 0. The van der Waals surface area contributed by atoms with Crippen molar-refractivity contribution in [2.24, 2.45) is 4.99 Å². The van der Waals surface area contributed by atoms with Gasteiger partial charge < -0.3 is 15.5 Å². The Hall–Kier alpha value is -1.30. The Morgan fingerprint density at radius 3 is 2.05 bits per heavy atom. The highest BCUT2D eigenvalue weighted by molar-refractivity contribution is 5.84. The third-order valence-corrected chi connectivity index (χ3v) is 3.40. The van der Waals surface area contributed by atoms with Crippen LogP contribution in [0.25, 0.3) is 0 Å². The summed E-state index contributed by atoms with van der Waals surface area (Å²) >= 11 is 0. The summed E-state index contributed by atoms with van der Waals surface area (Å²) in [5, 5.41) is 6.56. The molecule has 0 aliphatic carbocycles. The molecule has 2 N–H and O–H groups in total. The first kappa shape index (κ1) is 20.7. The van der Waals surface area contributed by atoms with Gasteiger partial charge in [0.05, 0.1) is 0 Å². The van der Waals surface area contributed by atoms with E-state index in [1.165, 1.54) is 0 Å². The third kappa shape index (κ3) is 8.87. The average molecular weight is 313 g/mol. The van der Waals surface area contributed by atoms with Gasteiger partial charge in [0.2, 0.25) is 5.91 Å². The van der Waals surface area contributed by atoms with E-state index in [4.69, 9.17) is 0 Å². The monoisotopic (exact) mass is 313 g/mol. The Labute approximate surface area is 136 Å². The highest BCUT2D eigenvalue weighted by atomic mass is 16.2. The molecule has 0 heterocycles. The van der Waals surface area contributed by atoms with Gasteiger partial charge in [-0.1, -0.05) is 6.92 Å². The molecule has 0 unspecified atom stereocenters. The minimum Gasteiger partial charge on any atom is -0.356 e. The van der Waals surface area contributed by atoms with E-state index in [0.717, 1.165) is 26.1 Å². The van der Waals surface area contributed by atoms with Gasteiger partial charge in [0.1, 0.15) is 6.54 Å². The Bertz CT molecular complexity index is 331. The van der Waals surface area contributed by atoms with E-state index in [-0.39, 0.29) is 12.5 Å². The van der Waals surface area contributed by atoms with Crippen LogP contribution in [0.2, 0.25) is 0 Å². The van der Waals surface area contributed by atoms with Crippen LogP contribution in [0.4, 0.5) is 0 Å². The molecule has 0 saturated carbocycles. The Kier molecular flexibility index (Phi) is 10.6. The van der Waals surface area contributed by atoms with Crippen molar-refractivity contribution < 1.29 is 4.79 Å². The predicted octanol–water partition coefficient (Wildman–Crippen LogP) is 1.14. The molecular formula is C16H35N5O. The average Bonchev–Trinajstić information content (AvgIpc) is 2.43. The first-order chi connectivity index (χ1) is 10.3. The minimum atomic E-state index is 0.00332. The number of carbonyl (C=O) groups is 1. The Morgan fingerprint density at radius 2 is 1.59 bits per heavy atom. The molecule has 0 aliphatic rings. The van der Waals surface area contributed by atoms with Crippen LogP contribution >= 0.6 is 0 Å². The molecule has 22 heavy (non-hydrogen) atoms. The van der Waals surface area contributed by atoms with Gasteiger partial charge in [-0.2, -0.15) is 0 Å². The molecule has 0 bridgehead atoms. The SMILES string of the molecule is CCCNC(=NCC(=O)N(C)C)NCCN(C(C)C)C(C)C. The summed E-state index contributed by atoms with van der Waals surface area (Å²) in [5.74, 6) is 0.716. The van der Waals surface area contributed by atoms with Crippen molar-refractivity contribution in [1.29, 1.82) is 0 Å². The van der Waals surface area contributed by atoms with E-state index in [0.29, 0.717) is 18.0 Å². The number of aliphatic imine (C=N–C) groups is 1. The number of guanidine groups is 1. The molecule has 0 atom stereocenters. The lowest BCUT2D eigenvalue weighted by Crippen LogP contribution is -2.45. The molecule has 130 valence electrons. The molecule has 6 nitrogen and oxygen atoms in total. The molecular weight excluding hydrogens is 278 g/mol. The molecule has 1 amide bonds. The fraction of sp³-hybridized carbons (Fsp3) is 0.875. The van der Waals surface area contributed by atoms with Gasteiger partial charge in [-0.3, -0.25) is 9.69 Å². The van der Waals surface area contributed by atoms with Gasteiger partial charge in [0.15, 0.2) is 5.96 Å². The first-order valence-electron chi connectivity index (χ1n) is 8.27.